The number of rotatable bonds is 5. The summed E-state index contributed by atoms with van der Waals surface area (Å²) in [5, 5.41) is 18.2. The lowest BCUT2D eigenvalue weighted by Gasteiger charge is -2.06. The number of benzene rings is 2. The maximum Gasteiger partial charge on any atom is 0.414 e. The lowest BCUT2D eigenvalue weighted by molar-refractivity contribution is -0.159. The van der Waals surface area contributed by atoms with Gasteiger partial charge >= 0.3 is 11.9 Å². The average molecular weight is 377 g/mol. The minimum Gasteiger partial charge on any atom is -0.473 e. The second-order valence-electron chi connectivity index (χ2n) is 5.25. The Morgan fingerprint density at radius 1 is 0.962 bits per heavy atom. The smallest absolute Gasteiger partial charge is 0.414 e. The van der Waals surface area contributed by atoms with Crippen molar-refractivity contribution in [2.45, 2.75) is 18.0 Å². The second-order valence-corrected chi connectivity index (χ2v) is 6.13. The molecule has 0 aliphatic carbocycles. The molecule has 0 radical (unpaired) electrons. The third-order valence-electron chi connectivity index (χ3n) is 3.44. The predicted molar refractivity (Wildman–Crippen MR) is 96.6 cm³/mol. The van der Waals surface area contributed by atoms with Crippen molar-refractivity contribution in [1.29, 1.82) is 0 Å². The molecule has 138 valence electrons. The van der Waals surface area contributed by atoms with E-state index in [1.165, 1.54) is 16.0 Å². The third kappa shape index (κ3) is 5.98. The minimum atomic E-state index is -1.82. The normalized spacial score (nSPS) is 11.4. The van der Waals surface area contributed by atoms with Crippen molar-refractivity contribution in [1.82, 2.24) is 5.32 Å². The van der Waals surface area contributed by atoms with Gasteiger partial charge in [-0.05, 0) is 41.6 Å². The van der Waals surface area contributed by atoms with Crippen molar-refractivity contribution >= 4 is 23.7 Å². The average Bonchev–Trinajstić information content (AvgIpc) is 3.10. The highest BCUT2D eigenvalue weighted by Gasteiger charge is 2.12. The summed E-state index contributed by atoms with van der Waals surface area (Å²) in [6, 6.07) is 14.7. The molecule has 0 atom stereocenters. The molecular weight excluding hydrogens is 358 g/mol. The molecule has 0 saturated carbocycles. The van der Waals surface area contributed by atoms with Crippen molar-refractivity contribution in [2.24, 2.45) is 0 Å². The van der Waals surface area contributed by atoms with Gasteiger partial charge in [0.05, 0.1) is 0 Å². The van der Waals surface area contributed by atoms with E-state index < -0.39 is 11.9 Å². The van der Waals surface area contributed by atoms with E-state index in [9.17, 15) is 0 Å². The highest BCUT2D eigenvalue weighted by molar-refractivity contribution is 7.98. The van der Waals surface area contributed by atoms with Gasteiger partial charge < -0.3 is 25.0 Å². The molecule has 0 spiro atoms. The highest BCUT2D eigenvalue weighted by atomic mass is 32.2. The zero-order valence-electron chi connectivity index (χ0n) is 14.1. The molecule has 1 heterocycles. The third-order valence-corrected chi connectivity index (χ3v) is 4.18. The number of ether oxygens (including phenoxy) is 2. The summed E-state index contributed by atoms with van der Waals surface area (Å²) in [5.74, 6) is -1.97. The van der Waals surface area contributed by atoms with Gasteiger partial charge in [0.15, 0.2) is 11.5 Å². The monoisotopic (exact) mass is 377 g/mol. The second kappa shape index (κ2) is 9.69. The molecule has 3 N–H and O–H groups in total. The van der Waals surface area contributed by atoms with Crippen LogP contribution < -0.4 is 14.8 Å². The van der Waals surface area contributed by atoms with E-state index >= 15 is 0 Å². The van der Waals surface area contributed by atoms with E-state index in [1.807, 2.05) is 12.1 Å². The summed E-state index contributed by atoms with van der Waals surface area (Å²) >= 11 is 1.76. The Bertz CT molecular complexity index is 751. The number of carbonyl (C=O) groups is 2. The maximum absolute atomic E-state index is 9.10. The summed E-state index contributed by atoms with van der Waals surface area (Å²) < 4.78 is 10.7. The zero-order chi connectivity index (χ0) is 18.9. The highest BCUT2D eigenvalue weighted by Crippen LogP contribution is 2.32. The topological polar surface area (TPSA) is 105 Å². The molecule has 0 amide bonds. The first-order valence-electron chi connectivity index (χ1n) is 7.68. The van der Waals surface area contributed by atoms with Crippen LogP contribution in [0.2, 0.25) is 0 Å². The molecule has 0 bridgehead atoms. The van der Waals surface area contributed by atoms with E-state index in [2.05, 4.69) is 41.9 Å². The van der Waals surface area contributed by atoms with Crippen LogP contribution in [0, 0.1) is 0 Å². The summed E-state index contributed by atoms with van der Waals surface area (Å²) in [4.78, 5) is 19.5. The van der Waals surface area contributed by atoms with Crippen LogP contribution >= 0.6 is 11.8 Å². The summed E-state index contributed by atoms with van der Waals surface area (Å²) in [5.41, 5.74) is 2.50. The molecule has 1 aliphatic rings. The van der Waals surface area contributed by atoms with E-state index in [4.69, 9.17) is 29.3 Å². The lowest BCUT2D eigenvalue weighted by Crippen LogP contribution is -2.12. The Labute approximate surface area is 154 Å². The molecule has 3 rings (SSSR count). The number of thioether (sulfide) groups is 1. The summed E-state index contributed by atoms with van der Waals surface area (Å²) in [7, 11) is 0. The van der Waals surface area contributed by atoms with Crippen LogP contribution in [0.5, 0.6) is 11.5 Å². The summed E-state index contributed by atoms with van der Waals surface area (Å²) in [6.45, 7) is 2.01. The number of hydrogen-bond acceptors (Lipinski definition) is 6. The van der Waals surface area contributed by atoms with E-state index in [-0.39, 0.29) is 0 Å². The van der Waals surface area contributed by atoms with Gasteiger partial charge in [-0.15, -0.1) is 11.8 Å². The molecule has 0 aromatic heterocycles. The molecule has 26 heavy (non-hydrogen) atoms. The van der Waals surface area contributed by atoms with Crippen LogP contribution in [0.4, 0.5) is 0 Å². The molecule has 2 aromatic rings. The lowest BCUT2D eigenvalue weighted by atomic mass is 10.2. The molecule has 1 aliphatic heterocycles. The number of carboxylic acids is 2. The van der Waals surface area contributed by atoms with Crippen LogP contribution in [0.3, 0.4) is 0 Å². The fourth-order valence-corrected chi connectivity index (χ4v) is 2.55. The van der Waals surface area contributed by atoms with Crippen molar-refractivity contribution < 1.29 is 29.3 Å². The van der Waals surface area contributed by atoms with Crippen molar-refractivity contribution in [2.75, 3.05) is 13.0 Å². The fraction of sp³-hybridized carbons (Fsp3) is 0.222. The SMILES string of the molecule is CSc1ccc(CNCc2ccc3c(c2)OCO3)cc1.O=C(O)C(=O)O. The number of hydrogen-bond donors (Lipinski definition) is 3. The Hall–Kier alpha value is -2.71. The van der Waals surface area contributed by atoms with Gasteiger partial charge in [-0.1, -0.05) is 18.2 Å². The summed E-state index contributed by atoms with van der Waals surface area (Å²) in [6.07, 6.45) is 2.09. The van der Waals surface area contributed by atoms with Crippen molar-refractivity contribution in [3.63, 3.8) is 0 Å². The largest absolute Gasteiger partial charge is 0.473 e. The molecule has 0 fully saturated rings. The van der Waals surface area contributed by atoms with Gasteiger partial charge in [0, 0.05) is 18.0 Å². The number of fused-ring (bicyclic) bond motifs is 1. The van der Waals surface area contributed by atoms with E-state index in [0.717, 1.165) is 24.6 Å². The van der Waals surface area contributed by atoms with Crippen LogP contribution in [0.1, 0.15) is 11.1 Å². The number of carboxylic acid groups (broad SMARTS) is 2. The van der Waals surface area contributed by atoms with Crippen molar-refractivity contribution in [3.8, 4) is 11.5 Å². The molecular formula is C18H19NO6S. The van der Waals surface area contributed by atoms with Gasteiger partial charge in [0.25, 0.3) is 0 Å². The van der Waals surface area contributed by atoms with Crippen LogP contribution in [-0.4, -0.2) is 35.2 Å². The molecule has 7 nitrogen and oxygen atoms in total. The first-order chi connectivity index (χ1) is 12.5. The van der Waals surface area contributed by atoms with Gasteiger partial charge in [-0.3, -0.25) is 0 Å². The van der Waals surface area contributed by atoms with Crippen molar-refractivity contribution in [3.05, 3.63) is 53.6 Å². The standard InChI is InChI=1S/C16H17NO2S.C2H2O4/c1-20-14-5-2-12(3-6-14)9-17-10-13-4-7-15-16(8-13)19-11-18-15;3-1(4)2(5)6/h2-8,17H,9-11H2,1H3;(H,3,4)(H,5,6). The van der Waals surface area contributed by atoms with Gasteiger partial charge in [-0.2, -0.15) is 0 Å². The maximum atomic E-state index is 9.10. The van der Waals surface area contributed by atoms with Crippen LogP contribution in [0.25, 0.3) is 0 Å². The Morgan fingerprint density at radius 3 is 2.15 bits per heavy atom. The van der Waals surface area contributed by atoms with E-state index in [1.54, 1.807) is 11.8 Å². The van der Waals surface area contributed by atoms with Gasteiger partial charge in [0.1, 0.15) is 0 Å². The van der Waals surface area contributed by atoms with E-state index in [0.29, 0.717) is 6.79 Å². The van der Waals surface area contributed by atoms with Crippen LogP contribution in [0.15, 0.2) is 47.4 Å². The first-order valence-corrected chi connectivity index (χ1v) is 8.90. The molecule has 0 unspecified atom stereocenters. The molecule has 2 aromatic carbocycles. The molecule has 0 saturated heterocycles. The predicted octanol–water partition coefficient (Wildman–Crippen LogP) is 2.58. The number of nitrogens with one attached hydrogen (secondary N) is 1. The zero-order valence-corrected chi connectivity index (χ0v) is 14.9. The molecule has 8 heteroatoms. The minimum absolute atomic E-state index is 0.327. The quantitative estimate of drug-likeness (QED) is 0.539. The Balaban J connectivity index is 0.000000352. The Morgan fingerprint density at radius 2 is 1.54 bits per heavy atom. The van der Waals surface area contributed by atoms with Crippen LogP contribution in [-0.2, 0) is 22.7 Å². The first kappa shape index (κ1) is 19.6. The van der Waals surface area contributed by atoms with Gasteiger partial charge in [-0.25, -0.2) is 9.59 Å². The number of aliphatic carboxylic acids is 2. The Kier molecular flexibility index (Phi) is 7.31. The fourth-order valence-electron chi connectivity index (χ4n) is 2.15. The van der Waals surface area contributed by atoms with Gasteiger partial charge in [0.2, 0.25) is 6.79 Å².